The number of fused-ring (bicyclic) bond motifs is 10. The van der Waals surface area contributed by atoms with E-state index in [1.54, 1.807) is 0 Å². The smallest absolute Gasteiger partial charge is 0.204 e. The minimum Gasteiger partial charge on any atom is -0.331 e. The van der Waals surface area contributed by atoms with Crippen LogP contribution in [0.15, 0.2) is 259 Å². The molecule has 9 heteroatoms. The van der Waals surface area contributed by atoms with E-state index in [0.717, 1.165) is 110 Å². The van der Waals surface area contributed by atoms with Crippen LogP contribution in [0.25, 0.3) is 111 Å². The third kappa shape index (κ3) is 6.90. The molecule has 0 radical (unpaired) electrons. The number of benzene rings is 10. The fraction of sp³-hybridized carbons (Fsp3) is 0.0152. The Bertz CT molecular complexity index is 4610. The van der Waals surface area contributed by atoms with E-state index in [1.807, 2.05) is 54.6 Å². The van der Waals surface area contributed by atoms with Gasteiger partial charge in [0.15, 0.2) is 23.3 Å². The van der Waals surface area contributed by atoms with E-state index in [1.165, 1.54) is 0 Å². The highest BCUT2D eigenvalue weighted by Gasteiger charge is 2.28. The molecule has 4 aromatic heterocycles. The molecule has 9 nitrogen and oxygen atoms in total. The molecule has 0 aliphatic carbocycles. The molecule has 0 saturated heterocycles. The zero-order valence-electron chi connectivity index (χ0n) is 40.3. The Morgan fingerprint density at radius 3 is 1.60 bits per heavy atom. The summed E-state index contributed by atoms with van der Waals surface area (Å²) < 4.78 is 7.08. The Labute approximate surface area is 430 Å². The topological polar surface area (TPSA) is 90.2 Å². The largest absolute Gasteiger partial charge is 0.331 e. The summed E-state index contributed by atoms with van der Waals surface area (Å²) in [6.45, 7) is 0. The second-order valence-corrected chi connectivity index (χ2v) is 18.9. The van der Waals surface area contributed by atoms with Gasteiger partial charge in [0.2, 0.25) is 6.29 Å². The Morgan fingerprint density at radius 1 is 0.347 bits per heavy atom. The van der Waals surface area contributed by atoms with Gasteiger partial charge in [0.1, 0.15) is 5.84 Å². The molecule has 0 amide bonds. The van der Waals surface area contributed by atoms with E-state index in [0.29, 0.717) is 23.3 Å². The minimum atomic E-state index is -0.525. The van der Waals surface area contributed by atoms with Gasteiger partial charge in [-0.15, -0.1) is 0 Å². The van der Waals surface area contributed by atoms with Gasteiger partial charge >= 0.3 is 0 Å². The molecule has 0 saturated carbocycles. The summed E-state index contributed by atoms with van der Waals surface area (Å²) in [6.07, 6.45) is -0.525. The van der Waals surface area contributed by atoms with Crippen LogP contribution in [0.3, 0.4) is 0 Å². The fourth-order valence-corrected chi connectivity index (χ4v) is 11.3. The van der Waals surface area contributed by atoms with Gasteiger partial charge in [-0.25, -0.2) is 24.9 Å². The molecule has 1 unspecified atom stereocenters. The number of hydrogen-bond donors (Lipinski definition) is 1. The van der Waals surface area contributed by atoms with Crippen LogP contribution in [0, 0.1) is 0 Å². The first-order chi connectivity index (χ1) is 37.2. The summed E-state index contributed by atoms with van der Waals surface area (Å²) in [6, 6.07) is 86.8. The van der Waals surface area contributed by atoms with Crippen molar-refractivity contribution in [3.63, 3.8) is 0 Å². The lowest BCUT2D eigenvalue weighted by Gasteiger charge is -2.26. The number of hydrogen-bond acceptors (Lipinski definition) is 6. The summed E-state index contributed by atoms with van der Waals surface area (Å²) in [4.78, 5) is 26.5. The molecule has 14 aromatic rings. The second-order valence-electron chi connectivity index (χ2n) is 18.9. The lowest BCUT2D eigenvalue weighted by atomic mass is 10.1. The predicted molar refractivity (Wildman–Crippen MR) is 306 cm³/mol. The molecular formula is C66H43N9. The highest BCUT2D eigenvalue weighted by molar-refractivity contribution is 6.26. The number of nitrogens with zero attached hydrogens (tertiary/aromatic N) is 8. The van der Waals surface area contributed by atoms with Gasteiger partial charge in [0.25, 0.3) is 0 Å². The summed E-state index contributed by atoms with van der Waals surface area (Å²) in [5.74, 6) is 3.20. The van der Waals surface area contributed by atoms with Crippen molar-refractivity contribution in [2.75, 3.05) is 0 Å². The van der Waals surface area contributed by atoms with Gasteiger partial charge < -0.3 is 14.5 Å². The van der Waals surface area contributed by atoms with Crippen molar-refractivity contribution in [3.8, 4) is 45.5 Å². The molecule has 1 aliphatic rings. The van der Waals surface area contributed by atoms with Gasteiger partial charge in [-0.1, -0.05) is 194 Å². The third-order valence-corrected chi connectivity index (χ3v) is 14.5. The molecule has 10 aromatic carbocycles. The van der Waals surface area contributed by atoms with Crippen LogP contribution >= 0.6 is 0 Å². The molecule has 1 atom stereocenters. The van der Waals surface area contributed by atoms with Crippen LogP contribution < -0.4 is 5.32 Å². The van der Waals surface area contributed by atoms with Gasteiger partial charge in [-0.3, -0.25) is 4.57 Å². The molecular weight excluding hydrogens is 919 g/mol. The van der Waals surface area contributed by atoms with Crippen molar-refractivity contribution in [1.29, 1.82) is 0 Å². The summed E-state index contributed by atoms with van der Waals surface area (Å²) in [5, 5.41) is 10.6. The van der Waals surface area contributed by atoms with E-state index in [-0.39, 0.29) is 0 Å². The number of amidine groups is 2. The lowest BCUT2D eigenvalue weighted by molar-refractivity contribution is 0.516. The second kappa shape index (κ2) is 17.2. The van der Waals surface area contributed by atoms with Crippen LogP contribution in [0.5, 0.6) is 0 Å². The molecule has 5 heterocycles. The van der Waals surface area contributed by atoms with E-state index in [2.05, 4.69) is 213 Å². The molecule has 1 N–H and O–H groups in total. The SMILES string of the molecule is c1ccc(C2=NC(n3c4ccccc4c4ccc5c(c6ccccc6n5-c5cccc(-c6nc(-c7ccccc7)nc(-c7cccc8c9ccccc9n(-c9ccccc9)c78)n6)c5)c43)NC(c3ccccc3)=N2)cc1. The van der Waals surface area contributed by atoms with Crippen LogP contribution in [0.1, 0.15) is 17.4 Å². The van der Waals surface area contributed by atoms with Crippen LogP contribution in [0.2, 0.25) is 0 Å². The monoisotopic (exact) mass is 961 g/mol. The van der Waals surface area contributed by atoms with Crippen LogP contribution in [-0.4, -0.2) is 40.3 Å². The fourth-order valence-electron chi connectivity index (χ4n) is 11.3. The van der Waals surface area contributed by atoms with Crippen molar-refractivity contribution >= 4 is 77.1 Å². The average molecular weight is 962 g/mol. The molecule has 352 valence electrons. The number of nitrogens with one attached hydrogen (secondary N) is 1. The number of aliphatic imine (C=N–C) groups is 2. The molecule has 1 aliphatic heterocycles. The van der Waals surface area contributed by atoms with Crippen molar-refractivity contribution < 1.29 is 0 Å². The predicted octanol–water partition coefficient (Wildman–Crippen LogP) is 15.1. The Balaban J connectivity index is 0.940. The molecule has 75 heavy (non-hydrogen) atoms. The molecule has 0 spiro atoms. The first-order valence-electron chi connectivity index (χ1n) is 25.2. The highest BCUT2D eigenvalue weighted by Crippen LogP contribution is 2.43. The maximum Gasteiger partial charge on any atom is 0.204 e. The summed E-state index contributed by atoms with van der Waals surface area (Å²) in [5.41, 5.74) is 13.1. The minimum absolute atomic E-state index is 0.525. The first kappa shape index (κ1) is 42.4. The maximum atomic E-state index is 5.43. The van der Waals surface area contributed by atoms with Gasteiger partial charge in [-0.05, 0) is 54.6 Å². The van der Waals surface area contributed by atoms with Crippen molar-refractivity contribution in [2.24, 2.45) is 9.98 Å². The van der Waals surface area contributed by atoms with Crippen LogP contribution in [0.4, 0.5) is 0 Å². The third-order valence-electron chi connectivity index (χ3n) is 14.5. The van der Waals surface area contributed by atoms with Gasteiger partial charge in [-0.2, -0.15) is 0 Å². The average Bonchev–Trinajstić information content (AvgIpc) is 4.24. The Kier molecular flexibility index (Phi) is 9.74. The standard InChI is InChI=1S/C66H43N9/c1-5-21-42(22-6-1)61-67-64(70-65(69-61)53-35-20-34-50-48-31-13-16-36-54(48)74(59(50)53)46-28-11-4-12-29-46)45-27-19-30-47(41-45)73-56-38-18-15-33-52(56)58-57(73)40-39-51-49-32-14-17-37-55(49)75(60(51)58)66-71-62(43-23-7-2-8-24-43)68-63(72-66)44-25-9-3-10-26-44/h1-41,66H,(H,68,71,72). The first-order valence-corrected chi connectivity index (χ1v) is 25.2. The quantitative estimate of drug-likeness (QED) is 0.164. The molecule has 15 rings (SSSR count). The summed E-state index contributed by atoms with van der Waals surface area (Å²) >= 11 is 0. The Morgan fingerprint density at radius 2 is 0.867 bits per heavy atom. The molecule has 0 fully saturated rings. The van der Waals surface area contributed by atoms with E-state index >= 15 is 0 Å². The molecule has 0 bridgehead atoms. The Hall–Kier alpha value is -10.3. The highest BCUT2D eigenvalue weighted by atomic mass is 15.3. The number of rotatable bonds is 8. The zero-order chi connectivity index (χ0) is 49.4. The van der Waals surface area contributed by atoms with Gasteiger partial charge in [0, 0.05) is 71.5 Å². The van der Waals surface area contributed by atoms with Crippen molar-refractivity contribution in [1.82, 2.24) is 34.0 Å². The van der Waals surface area contributed by atoms with E-state index < -0.39 is 6.29 Å². The van der Waals surface area contributed by atoms with E-state index in [9.17, 15) is 0 Å². The summed E-state index contributed by atoms with van der Waals surface area (Å²) in [7, 11) is 0. The maximum absolute atomic E-state index is 5.43. The lowest BCUT2D eigenvalue weighted by Crippen LogP contribution is -2.36. The van der Waals surface area contributed by atoms with Crippen molar-refractivity contribution in [2.45, 2.75) is 6.29 Å². The van der Waals surface area contributed by atoms with Crippen molar-refractivity contribution in [3.05, 3.63) is 260 Å². The van der Waals surface area contributed by atoms with E-state index in [4.69, 9.17) is 24.9 Å². The number of para-hydroxylation sites is 5. The normalized spacial score (nSPS) is 13.7. The number of aromatic nitrogens is 6. The zero-order valence-corrected chi connectivity index (χ0v) is 40.3. The van der Waals surface area contributed by atoms with Gasteiger partial charge in [0.05, 0.1) is 33.1 Å². The van der Waals surface area contributed by atoms with Crippen LogP contribution in [-0.2, 0) is 0 Å².